The van der Waals surface area contributed by atoms with E-state index in [2.05, 4.69) is 41.4 Å². The first kappa shape index (κ1) is 14.4. The molecule has 2 atom stereocenters. The number of anilines is 1. The zero-order chi connectivity index (χ0) is 14.7. The van der Waals surface area contributed by atoms with Gasteiger partial charge in [-0.2, -0.15) is 0 Å². The van der Waals surface area contributed by atoms with Crippen molar-refractivity contribution in [2.24, 2.45) is 17.8 Å². The average molecular weight is 286 g/mol. The quantitative estimate of drug-likeness (QED) is 0.781. The van der Waals surface area contributed by atoms with Crippen LogP contribution < -0.4 is 10.2 Å². The smallest absolute Gasteiger partial charge is 0.223 e. The first-order valence-corrected chi connectivity index (χ1v) is 8.35. The molecule has 0 aliphatic heterocycles. The molecule has 0 saturated heterocycles. The maximum atomic E-state index is 12.1. The molecule has 2 aliphatic rings. The lowest BCUT2D eigenvalue weighted by Crippen LogP contribution is -2.33. The molecular weight excluding hydrogens is 260 g/mol. The Morgan fingerprint density at radius 2 is 1.90 bits per heavy atom. The first-order chi connectivity index (χ1) is 10.3. The Morgan fingerprint density at radius 1 is 1.19 bits per heavy atom. The summed E-state index contributed by atoms with van der Waals surface area (Å²) >= 11 is 0. The summed E-state index contributed by atoms with van der Waals surface area (Å²) in [5.41, 5.74) is 1.27. The molecule has 114 valence electrons. The van der Waals surface area contributed by atoms with E-state index in [9.17, 15) is 4.79 Å². The van der Waals surface area contributed by atoms with Crippen molar-refractivity contribution < 1.29 is 4.79 Å². The summed E-state index contributed by atoms with van der Waals surface area (Å²) in [6.45, 7) is 4.98. The molecule has 3 nitrogen and oxygen atoms in total. The number of rotatable bonds is 7. The minimum Gasteiger partial charge on any atom is -0.372 e. The minimum absolute atomic E-state index is 0.296. The fourth-order valence-corrected chi connectivity index (χ4v) is 3.66. The second kappa shape index (κ2) is 6.50. The van der Waals surface area contributed by atoms with Crippen LogP contribution >= 0.6 is 0 Å². The summed E-state index contributed by atoms with van der Waals surface area (Å²) < 4.78 is 0. The number of nitrogens with one attached hydrogen (secondary N) is 1. The van der Waals surface area contributed by atoms with Gasteiger partial charge in [0.05, 0.1) is 0 Å². The number of hydrogen-bond acceptors (Lipinski definition) is 2. The summed E-state index contributed by atoms with van der Waals surface area (Å²) in [5, 5.41) is 3.13. The summed E-state index contributed by atoms with van der Waals surface area (Å²) in [5.74, 6) is 2.37. The number of hydrogen-bond donors (Lipinski definition) is 1. The van der Waals surface area contributed by atoms with Gasteiger partial charge in [0.2, 0.25) is 5.91 Å². The largest absolute Gasteiger partial charge is 0.372 e. The molecule has 0 heterocycles. The summed E-state index contributed by atoms with van der Waals surface area (Å²) in [6, 6.07) is 10.5. The van der Waals surface area contributed by atoms with Crippen molar-refractivity contribution in [2.75, 3.05) is 24.5 Å². The number of carbonyl (C=O) groups is 1. The van der Waals surface area contributed by atoms with Crippen molar-refractivity contribution in [2.45, 2.75) is 32.6 Å². The van der Waals surface area contributed by atoms with Gasteiger partial charge < -0.3 is 10.2 Å². The van der Waals surface area contributed by atoms with Crippen molar-refractivity contribution >= 4 is 11.6 Å². The van der Waals surface area contributed by atoms with Crippen LogP contribution in [0, 0.1) is 17.8 Å². The molecule has 0 radical (unpaired) electrons. The third kappa shape index (κ3) is 3.58. The molecule has 1 amide bonds. The van der Waals surface area contributed by atoms with E-state index in [-0.39, 0.29) is 0 Å². The van der Waals surface area contributed by atoms with Gasteiger partial charge in [0.1, 0.15) is 0 Å². The molecule has 0 spiro atoms. The lowest BCUT2D eigenvalue weighted by molar-refractivity contribution is -0.125. The molecule has 2 fully saturated rings. The van der Waals surface area contributed by atoms with Gasteiger partial charge in [-0.15, -0.1) is 0 Å². The molecular formula is C18H26N2O. The predicted molar refractivity (Wildman–Crippen MR) is 86.3 cm³/mol. The number of benzene rings is 1. The number of carbonyl (C=O) groups excluding carboxylic acids is 1. The van der Waals surface area contributed by atoms with Crippen LogP contribution in [0.3, 0.4) is 0 Å². The number of nitrogens with zero attached hydrogens (tertiary/aromatic N) is 1. The van der Waals surface area contributed by atoms with E-state index < -0.39 is 0 Å². The maximum absolute atomic E-state index is 12.1. The van der Waals surface area contributed by atoms with Gasteiger partial charge in [-0.3, -0.25) is 4.79 Å². The molecule has 0 aromatic heterocycles. The van der Waals surface area contributed by atoms with E-state index >= 15 is 0 Å². The standard InChI is InChI=1S/C18H26N2O/c1-2-20(17-7-4-3-5-8-17)10-6-9-19-18(21)16-12-14-11-15(14)13-16/h3-5,7-8,14-16H,2,6,9-13H2,1H3,(H,19,21). The Balaban J connectivity index is 1.36. The molecule has 2 aliphatic carbocycles. The van der Waals surface area contributed by atoms with Crippen molar-refractivity contribution in [3.63, 3.8) is 0 Å². The van der Waals surface area contributed by atoms with Crippen LogP contribution in [0.5, 0.6) is 0 Å². The highest BCUT2D eigenvalue weighted by Gasteiger charge is 2.47. The highest BCUT2D eigenvalue weighted by molar-refractivity contribution is 5.79. The normalized spacial score (nSPS) is 26.2. The third-order valence-electron chi connectivity index (χ3n) is 5.02. The second-order valence-electron chi connectivity index (χ2n) is 6.48. The molecule has 1 aromatic carbocycles. The highest BCUT2D eigenvalue weighted by Crippen LogP contribution is 2.54. The van der Waals surface area contributed by atoms with E-state index in [4.69, 9.17) is 0 Å². The average Bonchev–Trinajstić information content (AvgIpc) is 3.14. The van der Waals surface area contributed by atoms with Gasteiger partial charge in [-0.1, -0.05) is 18.2 Å². The van der Waals surface area contributed by atoms with E-state index in [1.54, 1.807) is 0 Å². The predicted octanol–water partition coefficient (Wildman–Crippen LogP) is 3.07. The molecule has 2 saturated carbocycles. The van der Waals surface area contributed by atoms with Crippen molar-refractivity contribution in [1.29, 1.82) is 0 Å². The molecule has 2 unspecified atom stereocenters. The van der Waals surface area contributed by atoms with Gasteiger partial charge >= 0.3 is 0 Å². The molecule has 3 rings (SSSR count). The van der Waals surface area contributed by atoms with Crippen molar-refractivity contribution in [3.05, 3.63) is 30.3 Å². The van der Waals surface area contributed by atoms with Crippen LogP contribution in [0.15, 0.2) is 30.3 Å². The van der Waals surface area contributed by atoms with E-state index in [0.717, 1.165) is 50.7 Å². The van der Waals surface area contributed by atoms with Crippen LogP contribution in [-0.2, 0) is 4.79 Å². The van der Waals surface area contributed by atoms with Crippen LogP contribution in [0.2, 0.25) is 0 Å². The van der Waals surface area contributed by atoms with Crippen molar-refractivity contribution in [3.8, 4) is 0 Å². The van der Waals surface area contributed by atoms with Crippen molar-refractivity contribution in [1.82, 2.24) is 5.32 Å². The van der Waals surface area contributed by atoms with E-state index in [1.807, 2.05) is 6.07 Å². The lowest BCUT2D eigenvalue weighted by Gasteiger charge is -2.23. The molecule has 1 aromatic rings. The monoisotopic (exact) mass is 286 g/mol. The zero-order valence-electron chi connectivity index (χ0n) is 12.9. The minimum atomic E-state index is 0.296. The summed E-state index contributed by atoms with van der Waals surface area (Å²) in [7, 11) is 0. The van der Waals surface area contributed by atoms with E-state index in [0.29, 0.717) is 11.8 Å². The Morgan fingerprint density at radius 3 is 2.57 bits per heavy atom. The Bertz CT molecular complexity index is 463. The third-order valence-corrected chi connectivity index (χ3v) is 5.02. The molecule has 3 heteroatoms. The molecule has 0 bridgehead atoms. The van der Waals surface area contributed by atoms with Crippen LogP contribution in [-0.4, -0.2) is 25.5 Å². The van der Waals surface area contributed by atoms with Crippen LogP contribution in [0.25, 0.3) is 0 Å². The van der Waals surface area contributed by atoms with Gasteiger partial charge in [0, 0.05) is 31.2 Å². The summed E-state index contributed by atoms with van der Waals surface area (Å²) in [6.07, 6.45) is 4.67. The van der Waals surface area contributed by atoms with Gasteiger partial charge in [0.25, 0.3) is 0 Å². The maximum Gasteiger partial charge on any atom is 0.223 e. The van der Waals surface area contributed by atoms with Gasteiger partial charge in [-0.25, -0.2) is 0 Å². The second-order valence-corrected chi connectivity index (χ2v) is 6.48. The SMILES string of the molecule is CCN(CCCNC(=O)C1CC2CC2C1)c1ccccc1. The molecule has 21 heavy (non-hydrogen) atoms. The number of fused-ring (bicyclic) bond motifs is 1. The topological polar surface area (TPSA) is 32.3 Å². The van der Waals surface area contributed by atoms with E-state index in [1.165, 1.54) is 12.1 Å². The van der Waals surface area contributed by atoms with Gasteiger partial charge in [0.15, 0.2) is 0 Å². The summed E-state index contributed by atoms with van der Waals surface area (Å²) in [4.78, 5) is 14.4. The Hall–Kier alpha value is -1.51. The zero-order valence-corrected chi connectivity index (χ0v) is 12.9. The van der Waals surface area contributed by atoms with Crippen LogP contribution in [0.4, 0.5) is 5.69 Å². The fourth-order valence-electron chi connectivity index (χ4n) is 3.66. The lowest BCUT2D eigenvalue weighted by atomic mass is 10.0. The highest BCUT2D eigenvalue weighted by atomic mass is 16.1. The van der Waals surface area contributed by atoms with Crippen LogP contribution in [0.1, 0.15) is 32.6 Å². The molecule has 1 N–H and O–H groups in total. The Labute approximate surface area is 127 Å². The Kier molecular flexibility index (Phi) is 4.47. The number of para-hydroxylation sites is 1. The van der Waals surface area contributed by atoms with Gasteiger partial charge in [-0.05, 0) is 56.6 Å². The fraction of sp³-hybridized carbons (Fsp3) is 0.611. The number of amides is 1. The first-order valence-electron chi connectivity index (χ1n) is 8.35.